The Hall–Kier alpha value is -0.880. The van der Waals surface area contributed by atoms with Gasteiger partial charge in [0.1, 0.15) is 0 Å². The minimum atomic E-state index is -0.00139. The molecule has 1 aliphatic heterocycles. The minimum Gasteiger partial charge on any atom is -0.322 e. The third-order valence-electron chi connectivity index (χ3n) is 2.63. The van der Waals surface area contributed by atoms with Crippen LogP contribution in [0.25, 0.3) is 0 Å². The van der Waals surface area contributed by atoms with E-state index in [1.54, 1.807) is 0 Å². The Balaban J connectivity index is 2.07. The highest BCUT2D eigenvalue weighted by Crippen LogP contribution is 2.15. The minimum absolute atomic E-state index is 0.00139. The van der Waals surface area contributed by atoms with Gasteiger partial charge in [-0.3, -0.25) is 4.79 Å². The molecule has 1 aromatic carbocycles. The van der Waals surface area contributed by atoms with Crippen LogP contribution in [0.3, 0.4) is 0 Å². The normalized spacial score (nSPS) is 14.2. The fourth-order valence-electron chi connectivity index (χ4n) is 1.47. The average molecular weight is 328 g/mol. The first-order chi connectivity index (χ1) is 7.66. The van der Waals surface area contributed by atoms with Gasteiger partial charge in [-0.1, -0.05) is 6.07 Å². The summed E-state index contributed by atoms with van der Waals surface area (Å²) in [5.74, 6) is -0.00139. The van der Waals surface area contributed by atoms with Crippen LogP contribution in [0.15, 0.2) is 35.4 Å². The summed E-state index contributed by atoms with van der Waals surface area (Å²) in [5.41, 5.74) is 2.88. The van der Waals surface area contributed by atoms with E-state index >= 15 is 0 Å². The SMILES string of the molecule is CC(C(=O)Nc1cccc(I)c1)=C1CNC1. The largest absolute Gasteiger partial charge is 0.322 e. The van der Waals surface area contributed by atoms with Gasteiger partial charge in [-0.2, -0.15) is 0 Å². The van der Waals surface area contributed by atoms with E-state index in [2.05, 4.69) is 33.2 Å². The molecule has 0 bridgehead atoms. The van der Waals surface area contributed by atoms with E-state index in [0.717, 1.165) is 27.9 Å². The highest BCUT2D eigenvalue weighted by Gasteiger charge is 2.15. The molecule has 1 amide bonds. The van der Waals surface area contributed by atoms with E-state index < -0.39 is 0 Å². The van der Waals surface area contributed by atoms with Crippen molar-refractivity contribution in [2.24, 2.45) is 0 Å². The lowest BCUT2D eigenvalue weighted by atomic mass is 10.0. The number of benzene rings is 1. The predicted molar refractivity (Wildman–Crippen MR) is 73.4 cm³/mol. The van der Waals surface area contributed by atoms with Crippen molar-refractivity contribution in [1.82, 2.24) is 5.32 Å². The molecule has 2 N–H and O–H groups in total. The van der Waals surface area contributed by atoms with Gasteiger partial charge in [-0.25, -0.2) is 0 Å². The highest BCUT2D eigenvalue weighted by atomic mass is 127. The highest BCUT2D eigenvalue weighted by molar-refractivity contribution is 14.1. The van der Waals surface area contributed by atoms with Crippen LogP contribution in [0.5, 0.6) is 0 Å². The zero-order valence-electron chi connectivity index (χ0n) is 9.01. The van der Waals surface area contributed by atoms with Crippen LogP contribution in [-0.2, 0) is 4.79 Å². The molecule has 0 atom stereocenters. The number of nitrogens with one attached hydrogen (secondary N) is 2. The summed E-state index contributed by atoms with van der Waals surface area (Å²) in [6.45, 7) is 3.55. The van der Waals surface area contributed by atoms with E-state index in [1.165, 1.54) is 5.57 Å². The quantitative estimate of drug-likeness (QED) is 0.645. The number of rotatable bonds is 2. The number of anilines is 1. The van der Waals surface area contributed by atoms with Gasteiger partial charge in [0, 0.05) is 27.9 Å². The Labute approximate surface area is 108 Å². The molecule has 4 heteroatoms. The summed E-state index contributed by atoms with van der Waals surface area (Å²) in [6.07, 6.45) is 0. The Morgan fingerprint density at radius 3 is 2.75 bits per heavy atom. The summed E-state index contributed by atoms with van der Waals surface area (Å²) < 4.78 is 1.12. The van der Waals surface area contributed by atoms with Crippen LogP contribution < -0.4 is 10.6 Å². The molecule has 0 saturated carbocycles. The first-order valence-corrected chi connectivity index (χ1v) is 6.21. The molecule has 1 aromatic rings. The first-order valence-electron chi connectivity index (χ1n) is 5.13. The monoisotopic (exact) mass is 328 g/mol. The van der Waals surface area contributed by atoms with Crippen molar-refractivity contribution < 1.29 is 4.79 Å². The summed E-state index contributed by atoms with van der Waals surface area (Å²) >= 11 is 2.23. The van der Waals surface area contributed by atoms with Crippen molar-refractivity contribution in [2.75, 3.05) is 18.4 Å². The van der Waals surface area contributed by atoms with E-state index in [1.807, 2.05) is 31.2 Å². The lowest BCUT2D eigenvalue weighted by Crippen LogP contribution is -2.36. The molecule has 16 heavy (non-hydrogen) atoms. The van der Waals surface area contributed by atoms with Crippen LogP contribution in [0.2, 0.25) is 0 Å². The van der Waals surface area contributed by atoms with Gasteiger partial charge in [0.2, 0.25) is 0 Å². The number of carbonyl (C=O) groups excluding carboxylic acids is 1. The van der Waals surface area contributed by atoms with E-state index in [9.17, 15) is 4.79 Å². The molecule has 84 valence electrons. The maximum Gasteiger partial charge on any atom is 0.251 e. The molecule has 0 aromatic heterocycles. The van der Waals surface area contributed by atoms with Crippen molar-refractivity contribution in [2.45, 2.75) is 6.92 Å². The second-order valence-electron chi connectivity index (χ2n) is 3.80. The van der Waals surface area contributed by atoms with Crippen LogP contribution in [0, 0.1) is 3.57 Å². The van der Waals surface area contributed by atoms with Gasteiger partial charge in [-0.05, 0) is 53.3 Å². The van der Waals surface area contributed by atoms with Crippen molar-refractivity contribution >= 4 is 34.2 Å². The van der Waals surface area contributed by atoms with Gasteiger partial charge in [0.15, 0.2) is 0 Å². The molecular formula is C12H13IN2O. The Bertz CT molecular complexity index is 448. The molecule has 2 rings (SSSR count). The number of hydrogen-bond acceptors (Lipinski definition) is 2. The van der Waals surface area contributed by atoms with Crippen molar-refractivity contribution in [3.05, 3.63) is 39.0 Å². The molecule has 0 unspecified atom stereocenters. The Morgan fingerprint density at radius 1 is 1.44 bits per heavy atom. The van der Waals surface area contributed by atoms with Gasteiger partial charge >= 0.3 is 0 Å². The topological polar surface area (TPSA) is 41.1 Å². The third kappa shape index (κ3) is 2.62. The van der Waals surface area contributed by atoms with Crippen molar-refractivity contribution in [3.8, 4) is 0 Å². The number of amides is 1. The molecular weight excluding hydrogens is 315 g/mol. The summed E-state index contributed by atoms with van der Waals surface area (Å²) in [5, 5.41) is 6.03. The van der Waals surface area contributed by atoms with Crippen LogP contribution >= 0.6 is 22.6 Å². The zero-order chi connectivity index (χ0) is 11.5. The maximum atomic E-state index is 11.9. The molecule has 1 fully saturated rings. The molecule has 1 aliphatic rings. The van der Waals surface area contributed by atoms with Crippen LogP contribution in [0.1, 0.15) is 6.92 Å². The second-order valence-corrected chi connectivity index (χ2v) is 5.04. The number of hydrogen-bond donors (Lipinski definition) is 2. The lowest BCUT2D eigenvalue weighted by Gasteiger charge is -2.21. The van der Waals surface area contributed by atoms with E-state index in [-0.39, 0.29) is 5.91 Å². The fourth-order valence-corrected chi connectivity index (χ4v) is 2.01. The van der Waals surface area contributed by atoms with Crippen molar-refractivity contribution in [3.63, 3.8) is 0 Å². The summed E-state index contributed by atoms with van der Waals surface area (Å²) in [7, 11) is 0. The number of carbonyl (C=O) groups is 1. The predicted octanol–water partition coefficient (Wildman–Crippen LogP) is 2.15. The zero-order valence-corrected chi connectivity index (χ0v) is 11.2. The number of halogens is 1. The van der Waals surface area contributed by atoms with Gasteiger partial charge in [0.25, 0.3) is 5.91 Å². The van der Waals surface area contributed by atoms with E-state index in [4.69, 9.17) is 0 Å². The van der Waals surface area contributed by atoms with E-state index in [0.29, 0.717) is 0 Å². The Kier molecular flexibility index (Phi) is 3.60. The first kappa shape index (κ1) is 11.6. The van der Waals surface area contributed by atoms with Gasteiger partial charge in [0.05, 0.1) is 0 Å². The summed E-state index contributed by atoms with van der Waals surface area (Å²) in [4.78, 5) is 11.9. The molecule has 1 heterocycles. The summed E-state index contributed by atoms with van der Waals surface area (Å²) in [6, 6.07) is 7.79. The fraction of sp³-hybridized carbons (Fsp3) is 0.250. The molecule has 0 spiro atoms. The molecule has 0 aliphatic carbocycles. The molecule has 1 saturated heterocycles. The smallest absolute Gasteiger partial charge is 0.251 e. The standard InChI is InChI=1S/C12H13IN2O/c1-8(9-6-14-7-9)12(16)15-11-4-2-3-10(13)5-11/h2-5,14H,6-7H2,1H3,(H,15,16). The lowest BCUT2D eigenvalue weighted by molar-refractivity contribution is -0.112. The Morgan fingerprint density at radius 2 is 2.19 bits per heavy atom. The maximum absolute atomic E-state index is 11.9. The molecule has 3 nitrogen and oxygen atoms in total. The van der Waals surface area contributed by atoms with Gasteiger partial charge < -0.3 is 10.6 Å². The molecule has 0 radical (unpaired) electrons. The third-order valence-corrected chi connectivity index (χ3v) is 3.30. The van der Waals surface area contributed by atoms with Gasteiger partial charge in [-0.15, -0.1) is 0 Å². The van der Waals surface area contributed by atoms with Crippen LogP contribution in [0.4, 0.5) is 5.69 Å². The van der Waals surface area contributed by atoms with Crippen molar-refractivity contribution in [1.29, 1.82) is 0 Å². The average Bonchev–Trinajstić information content (AvgIpc) is 2.14. The van der Waals surface area contributed by atoms with Crippen LogP contribution in [-0.4, -0.2) is 19.0 Å². The second kappa shape index (κ2) is 4.97.